The van der Waals surface area contributed by atoms with Crippen LogP contribution in [0.25, 0.3) is 0 Å². The van der Waals surface area contributed by atoms with Crippen molar-refractivity contribution in [1.29, 1.82) is 0 Å². The highest BCUT2D eigenvalue weighted by Crippen LogP contribution is 2.25. The van der Waals surface area contributed by atoms with Crippen LogP contribution in [-0.2, 0) is 21.2 Å². The molecule has 3 aromatic rings. The summed E-state index contributed by atoms with van der Waals surface area (Å²) < 4.78 is 50.6. The van der Waals surface area contributed by atoms with Gasteiger partial charge in [-0.25, -0.2) is 12.8 Å². The Kier molecular flexibility index (Phi) is 6.37. The van der Waals surface area contributed by atoms with Crippen molar-refractivity contribution in [3.8, 4) is 11.5 Å². The molecule has 6 nitrogen and oxygen atoms in total. The number of hydrogen-bond acceptors (Lipinski definition) is 5. The van der Waals surface area contributed by atoms with Crippen LogP contribution in [0.15, 0.2) is 77.7 Å². The SMILES string of the molecule is COc1ccc(S(=O)(=O)N(C)c2ccc(OC(=O)Cc3ccccc3F)cc2)cc1. The summed E-state index contributed by atoms with van der Waals surface area (Å²) in [6, 6.07) is 18.0. The predicted octanol–water partition coefficient (Wildman–Crippen LogP) is 3.81. The van der Waals surface area contributed by atoms with Crippen molar-refractivity contribution in [3.05, 3.63) is 84.2 Å². The fourth-order valence-corrected chi connectivity index (χ4v) is 3.93. The summed E-state index contributed by atoms with van der Waals surface area (Å²) in [5.41, 5.74) is 0.629. The van der Waals surface area contributed by atoms with Crippen molar-refractivity contribution in [1.82, 2.24) is 0 Å². The molecule has 0 saturated carbocycles. The van der Waals surface area contributed by atoms with E-state index in [4.69, 9.17) is 9.47 Å². The van der Waals surface area contributed by atoms with Gasteiger partial charge in [-0.05, 0) is 60.2 Å². The quantitative estimate of drug-likeness (QED) is 0.422. The predicted molar refractivity (Wildman–Crippen MR) is 111 cm³/mol. The van der Waals surface area contributed by atoms with Crippen molar-refractivity contribution in [2.75, 3.05) is 18.5 Å². The smallest absolute Gasteiger partial charge is 0.315 e. The highest BCUT2D eigenvalue weighted by molar-refractivity contribution is 7.92. The normalized spacial score (nSPS) is 11.0. The molecule has 3 aromatic carbocycles. The molecule has 0 unspecified atom stereocenters. The van der Waals surface area contributed by atoms with Crippen LogP contribution in [-0.4, -0.2) is 28.5 Å². The summed E-state index contributed by atoms with van der Waals surface area (Å²) >= 11 is 0. The molecule has 0 aromatic heterocycles. The molecule has 156 valence electrons. The lowest BCUT2D eigenvalue weighted by molar-refractivity contribution is -0.133. The molecule has 0 bridgehead atoms. The Morgan fingerprint density at radius 3 is 2.13 bits per heavy atom. The van der Waals surface area contributed by atoms with Crippen molar-refractivity contribution in [2.24, 2.45) is 0 Å². The molecule has 3 rings (SSSR count). The lowest BCUT2D eigenvalue weighted by Crippen LogP contribution is -2.26. The maximum Gasteiger partial charge on any atom is 0.315 e. The van der Waals surface area contributed by atoms with Crippen LogP contribution < -0.4 is 13.8 Å². The molecule has 0 fully saturated rings. The molecular formula is C22H20FNO5S. The van der Waals surface area contributed by atoms with Gasteiger partial charge in [0.15, 0.2) is 0 Å². The van der Waals surface area contributed by atoms with Gasteiger partial charge >= 0.3 is 5.97 Å². The Morgan fingerprint density at radius 2 is 1.53 bits per heavy atom. The third-order valence-electron chi connectivity index (χ3n) is 4.44. The van der Waals surface area contributed by atoms with Gasteiger partial charge in [0.05, 0.1) is 24.1 Å². The number of anilines is 1. The highest BCUT2D eigenvalue weighted by Gasteiger charge is 2.21. The number of sulfonamides is 1. The lowest BCUT2D eigenvalue weighted by atomic mass is 10.1. The number of nitrogens with zero attached hydrogens (tertiary/aromatic N) is 1. The Hall–Kier alpha value is -3.39. The van der Waals surface area contributed by atoms with Gasteiger partial charge in [-0.3, -0.25) is 9.10 Å². The highest BCUT2D eigenvalue weighted by atomic mass is 32.2. The number of carbonyl (C=O) groups excluding carboxylic acids is 1. The lowest BCUT2D eigenvalue weighted by Gasteiger charge is -2.20. The van der Waals surface area contributed by atoms with E-state index in [9.17, 15) is 17.6 Å². The van der Waals surface area contributed by atoms with Crippen LogP contribution in [0.2, 0.25) is 0 Å². The van der Waals surface area contributed by atoms with E-state index in [0.717, 1.165) is 4.31 Å². The fraction of sp³-hybridized carbons (Fsp3) is 0.136. The molecule has 30 heavy (non-hydrogen) atoms. The fourth-order valence-electron chi connectivity index (χ4n) is 2.73. The summed E-state index contributed by atoms with van der Waals surface area (Å²) in [6.45, 7) is 0. The van der Waals surface area contributed by atoms with Crippen LogP contribution in [0.1, 0.15) is 5.56 Å². The number of carbonyl (C=O) groups is 1. The van der Waals surface area contributed by atoms with E-state index in [2.05, 4.69) is 0 Å². The maximum absolute atomic E-state index is 13.6. The molecule has 0 aliphatic heterocycles. The summed E-state index contributed by atoms with van der Waals surface area (Å²) in [5, 5.41) is 0. The largest absolute Gasteiger partial charge is 0.497 e. The molecule has 0 radical (unpaired) electrons. The van der Waals surface area contributed by atoms with Crippen LogP contribution >= 0.6 is 0 Å². The summed E-state index contributed by atoms with van der Waals surface area (Å²) in [4.78, 5) is 12.2. The van der Waals surface area contributed by atoms with Gasteiger partial charge in [0, 0.05) is 7.05 Å². The first-order valence-electron chi connectivity index (χ1n) is 8.98. The van der Waals surface area contributed by atoms with E-state index < -0.39 is 21.8 Å². The van der Waals surface area contributed by atoms with Crippen molar-refractivity contribution in [2.45, 2.75) is 11.3 Å². The first-order chi connectivity index (χ1) is 14.3. The zero-order valence-corrected chi connectivity index (χ0v) is 17.2. The zero-order valence-electron chi connectivity index (χ0n) is 16.4. The molecular weight excluding hydrogens is 409 g/mol. The minimum absolute atomic E-state index is 0.117. The molecule has 0 N–H and O–H groups in total. The molecule has 0 aliphatic carbocycles. The van der Waals surface area contributed by atoms with E-state index in [-0.39, 0.29) is 22.6 Å². The Balaban J connectivity index is 1.69. The average molecular weight is 429 g/mol. The number of benzene rings is 3. The molecule has 0 spiro atoms. The van der Waals surface area contributed by atoms with Crippen LogP contribution in [0.4, 0.5) is 10.1 Å². The number of methoxy groups -OCH3 is 1. The van der Waals surface area contributed by atoms with Gasteiger partial charge in [0.25, 0.3) is 10.0 Å². The van der Waals surface area contributed by atoms with Gasteiger partial charge in [-0.15, -0.1) is 0 Å². The standard InChI is InChI=1S/C22H20FNO5S/c1-24(30(26,27)20-13-11-18(28-2)12-14-20)17-7-9-19(10-8-17)29-22(25)15-16-5-3-4-6-21(16)23/h3-14H,15H2,1-2H3. The topological polar surface area (TPSA) is 72.9 Å². The summed E-state index contributed by atoms with van der Waals surface area (Å²) in [5.74, 6) is -0.310. The van der Waals surface area contributed by atoms with E-state index in [1.165, 1.54) is 62.7 Å². The first-order valence-corrected chi connectivity index (χ1v) is 10.4. The Labute approximate surface area is 174 Å². The average Bonchev–Trinajstić information content (AvgIpc) is 2.75. The third-order valence-corrected chi connectivity index (χ3v) is 6.24. The van der Waals surface area contributed by atoms with E-state index in [1.54, 1.807) is 24.3 Å². The second-order valence-electron chi connectivity index (χ2n) is 6.38. The number of rotatable bonds is 7. The summed E-state index contributed by atoms with van der Waals surface area (Å²) in [7, 11) is -0.840. The minimum Gasteiger partial charge on any atom is -0.497 e. The third kappa shape index (κ3) is 4.77. The van der Waals surface area contributed by atoms with Gasteiger partial charge < -0.3 is 9.47 Å². The maximum atomic E-state index is 13.6. The monoisotopic (exact) mass is 429 g/mol. The summed E-state index contributed by atoms with van der Waals surface area (Å²) in [6.07, 6.45) is -0.208. The molecule has 0 atom stereocenters. The van der Waals surface area contributed by atoms with Gasteiger partial charge in [0.1, 0.15) is 17.3 Å². The van der Waals surface area contributed by atoms with Crippen molar-refractivity contribution >= 4 is 21.7 Å². The van der Waals surface area contributed by atoms with Crippen LogP contribution in [0.3, 0.4) is 0 Å². The molecule has 8 heteroatoms. The van der Waals surface area contributed by atoms with Gasteiger partial charge in [-0.2, -0.15) is 0 Å². The molecule has 0 saturated heterocycles. The number of halogens is 1. The van der Waals surface area contributed by atoms with Crippen molar-refractivity contribution < 1.29 is 27.1 Å². The van der Waals surface area contributed by atoms with E-state index in [1.807, 2.05) is 0 Å². The second-order valence-corrected chi connectivity index (χ2v) is 8.35. The van der Waals surface area contributed by atoms with E-state index in [0.29, 0.717) is 11.4 Å². The van der Waals surface area contributed by atoms with Gasteiger partial charge in [0.2, 0.25) is 0 Å². The minimum atomic E-state index is -3.77. The van der Waals surface area contributed by atoms with Gasteiger partial charge in [-0.1, -0.05) is 18.2 Å². The zero-order chi connectivity index (χ0) is 21.7. The van der Waals surface area contributed by atoms with Crippen molar-refractivity contribution in [3.63, 3.8) is 0 Å². The number of ether oxygens (including phenoxy) is 2. The molecule has 0 heterocycles. The molecule has 0 aliphatic rings. The second kappa shape index (κ2) is 8.96. The number of hydrogen-bond donors (Lipinski definition) is 0. The Bertz CT molecular complexity index is 1130. The van der Waals surface area contributed by atoms with Crippen LogP contribution in [0.5, 0.6) is 11.5 Å². The molecule has 0 amide bonds. The van der Waals surface area contributed by atoms with Crippen LogP contribution in [0, 0.1) is 5.82 Å². The number of esters is 1. The Morgan fingerprint density at radius 1 is 0.933 bits per heavy atom. The van der Waals surface area contributed by atoms with E-state index >= 15 is 0 Å². The first kappa shape index (κ1) is 21.3.